The summed E-state index contributed by atoms with van der Waals surface area (Å²) in [6.07, 6.45) is 0.700. The van der Waals surface area contributed by atoms with E-state index in [4.69, 9.17) is 11.6 Å². The van der Waals surface area contributed by atoms with Crippen molar-refractivity contribution in [3.8, 4) is 0 Å². The Kier molecular flexibility index (Phi) is 2.95. The predicted octanol–water partition coefficient (Wildman–Crippen LogP) is 3.87. The number of fused-ring (bicyclic) bond motifs is 1. The molecule has 0 bridgehead atoms. The van der Waals surface area contributed by atoms with Gasteiger partial charge in [0.15, 0.2) is 0 Å². The van der Waals surface area contributed by atoms with Crippen LogP contribution in [-0.2, 0) is 6.42 Å². The molecule has 3 aromatic rings. The largest absolute Gasteiger partial charge is 0.232 e. The molecule has 0 amide bonds. The molecule has 0 radical (unpaired) electrons. The van der Waals surface area contributed by atoms with Gasteiger partial charge < -0.3 is 0 Å². The van der Waals surface area contributed by atoms with Gasteiger partial charge in [0, 0.05) is 11.8 Å². The molecule has 0 aliphatic carbocycles. The van der Waals surface area contributed by atoms with Crippen LogP contribution in [0.5, 0.6) is 0 Å². The van der Waals surface area contributed by atoms with E-state index in [0.29, 0.717) is 11.6 Å². The lowest BCUT2D eigenvalue weighted by atomic mass is 10.1. The summed E-state index contributed by atoms with van der Waals surface area (Å²) in [5.74, 6) is 0.755. The molecule has 1 heterocycles. The third-order valence-electron chi connectivity index (χ3n) is 2.81. The molecule has 0 aliphatic rings. The van der Waals surface area contributed by atoms with Gasteiger partial charge in [0.25, 0.3) is 0 Å². The van der Waals surface area contributed by atoms with Crippen molar-refractivity contribution in [2.75, 3.05) is 0 Å². The van der Waals surface area contributed by atoms with Crippen LogP contribution >= 0.6 is 11.6 Å². The van der Waals surface area contributed by atoms with Crippen molar-refractivity contribution >= 4 is 22.5 Å². The van der Waals surface area contributed by atoms with Gasteiger partial charge >= 0.3 is 0 Å². The Morgan fingerprint density at radius 1 is 0.833 bits per heavy atom. The van der Waals surface area contributed by atoms with Gasteiger partial charge in [-0.15, -0.1) is 0 Å². The third-order valence-corrected chi connectivity index (χ3v) is 3.10. The van der Waals surface area contributed by atoms with E-state index in [1.54, 1.807) is 0 Å². The number of halogens is 1. The van der Waals surface area contributed by atoms with Gasteiger partial charge in [0.05, 0.1) is 5.52 Å². The van der Waals surface area contributed by atoms with Crippen molar-refractivity contribution in [2.45, 2.75) is 6.42 Å². The second-order valence-corrected chi connectivity index (χ2v) is 4.47. The zero-order valence-electron chi connectivity index (χ0n) is 9.68. The lowest BCUT2D eigenvalue weighted by molar-refractivity contribution is 0.993. The molecule has 0 saturated carbocycles. The molecule has 0 unspecified atom stereocenters. The van der Waals surface area contributed by atoms with Crippen LogP contribution in [0.25, 0.3) is 10.9 Å². The van der Waals surface area contributed by atoms with Crippen LogP contribution in [0, 0.1) is 0 Å². The number of hydrogen-bond donors (Lipinski definition) is 0. The quantitative estimate of drug-likeness (QED) is 0.649. The van der Waals surface area contributed by atoms with Crippen molar-refractivity contribution in [1.29, 1.82) is 0 Å². The van der Waals surface area contributed by atoms with Crippen molar-refractivity contribution in [2.24, 2.45) is 0 Å². The van der Waals surface area contributed by atoms with Crippen LogP contribution in [0.4, 0.5) is 0 Å². The smallest absolute Gasteiger partial charge is 0.140 e. The van der Waals surface area contributed by atoms with Gasteiger partial charge in [-0.05, 0) is 17.7 Å². The van der Waals surface area contributed by atoms with E-state index >= 15 is 0 Å². The predicted molar refractivity (Wildman–Crippen MR) is 73.8 cm³/mol. The Morgan fingerprint density at radius 3 is 2.39 bits per heavy atom. The first-order valence-corrected chi connectivity index (χ1v) is 6.16. The summed E-state index contributed by atoms with van der Waals surface area (Å²) in [5, 5.41) is 1.42. The molecule has 3 rings (SSSR count). The van der Waals surface area contributed by atoms with Gasteiger partial charge in [0.1, 0.15) is 11.0 Å². The molecule has 0 fully saturated rings. The van der Waals surface area contributed by atoms with Crippen molar-refractivity contribution in [1.82, 2.24) is 9.97 Å². The van der Waals surface area contributed by atoms with Gasteiger partial charge in [-0.3, -0.25) is 0 Å². The van der Waals surface area contributed by atoms with Crippen LogP contribution in [0.15, 0.2) is 54.6 Å². The molecule has 18 heavy (non-hydrogen) atoms. The summed E-state index contributed by atoms with van der Waals surface area (Å²) >= 11 is 6.18. The van der Waals surface area contributed by atoms with Crippen molar-refractivity contribution in [3.05, 3.63) is 71.1 Å². The molecule has 2 nitrogen and oxygen atoms in total. The first kappa shape index (κ1) is 11.2. The standard InChI is InChI=1S/C15H11ClN2/c16-15-12-8-4-5-9-13(12)17-14(18-15)10-11-6-2-1-3-7-11/h1-9H,10H2. The van der Waals surface area contributed by atoms with Gasteiger partial charge in [0.2, 0.25) is 0 Å². The Hall–Kier alpha value is -1.93. The Balaban J connectivity index is 2.03. The number of rotatable bonds is 2. The van der Waals surface area contributed by atoms with Crippen LogP contribution in [0.2, 0.25) is 5.15 Å². The first-order chi connectivity index (χ1) is 8.83. The van der Waals surface area contributed by atoms with Crippen LogP contribution in [0.3, 0.4) is 0 Å². The summed E-state index contributed by atoms with van der Waals surface area (Å²) < 4.78 is 0. The SMILES string of the molecule is Clc1nc(Cc2ccccc2)nc2ccccc12. The summed E-state index contributed by atoms with van der Waals surface area (Å²) in [5.41, 5.74) is 2.08. The molecule has 0 saturated heterocycles. The van der Waals surface area contributed by atoms with Crippen LogP contribution in [0.1, 0.15) is 11.4 Å². The minimum atomic E-state index is 0.520. The molecule has 0 N–H and O–H groups in total. The molecule has 0 aliphatic heterocycles. The van der Waals surface area contributed by atoms with E-state index in [0.717, 1.165) is 16.7 Å². The van der Waals surface area contributed by atoms with Crippen molar-refractivity contribution in [3.63, 3.8) is 0 Å². The van der Waals surface area contributed by atoms with Crippen LogP contribution in [-0.4, -0.2) is 9.97 Å². The fourth-order valence-electron chi connectivity index (χ4n) is 1.94. The second-order valence-electron chi connectivity index (χ2n) is 4.11. The highest BCUT2D eigenvalue weighted by atomic mass is 35.5. The maximum Gasteiger partial charge on any atom is 0.140 e. The van der Waals surface area contributed by atoms with E-state index in [2.05, 4.69) is 22.1 Å². The van der Waals surface area contributed by atoms with E-state index < -0.39 is 0 Å². The zero-order chi connectivity index (χ0) is 12.4. The van der Waals surface area contributed by atoms with Gasteiger partial charge in [-0.1, -0.05) is 54.1 Å². The molecule has 0 spiro atoms. The zero-order valence-corrected chi connectivity index (χ0v) is 10.4. The summed E-state index contributed by atoms with van der Waals surface area (Å²) in [4.78, 5) is 8.89. The topological polar surface area (TPSA) is 25.8 Å². The minimum Gasteiger partial charge on any atom is -0.232 e. The van der Waals surface area contributed by atoms with Gasteiger partial charge in [-0.2, -0.15) is 0 Å². The normalized spacial score (nSPS) is 10.7. The number of aromatic nitrogens is 2. The molecule has 1 aromatic heterocycles. The lowest BCUT2D eigenvalue weighted by Crippen LogP contribution is -1.97. The fraction of sp³-hybridized carbons (Fsp3) is 0.0667. The van der Waals surface area contributed by atoms with Crippen molar-refractivity contribution < 1.29 is 0 Å². The van der Waals surface area contributed by atoms with Gasteiger partial charge in [-0.25, -0.2) is 9.97 Å². The van der Waals surface area contributed by atoms with E-state index in [9.17, 15) is 0 Å². The Labute approximate surface area is 110 Å². The molecule has 88 valence electrons. The average Bonchev–Trinajstić information content (AvgIpc) is 2.40. The van der Waals surface area contributed by atoms with E-state index in [-0.39, 0.29) is 0 Å². The maximum atomic E-state index is 6.18. The molecular formula is C15H11ClN2. The third kappa shape index (κ3) is 2.20. The maximum absolute atomic E-state index is 6.18. The first-order valence-electron chi connectivity index (χ1n) is 5.78. The average molecular weight is 255 g/mol. The second kappa shape index (κ2) is 4.75. The summed E-state index contributed by atoms with van der Waals surface area (Å²) in [6, 6.07) is 17.9. The number of benzene rings is 2. The fourth-order valence-corrected chi connectivity index (χ4v) is 2.20. The Bertz CT molecular complexity index is 680. The highest BCUT2D eigenvalue weighted by molar-refractivity contribution is 6.34. The molecule has 0 atom stereocenters. The summed E-state index contributed by atoms with van der Waals surface area (Å²) in [7, 11) is 0. The highest BCUT2D eigenvalue weighted by Crippen LogP contribution is 2.20. The monoisotopic (exact) mass is 254 g/mol. The molecular weight excluding hydrogens is 244 g/mol. The molecule has 3 heteroatoms. The Morgan fingerprint density at radius 2 is 1.56 bits per heavy atom. The van der Waals surface area contributed by atoms with Crippen LogP contribution < -0.4 is 0 Å². The minimum absolute atomic E-state index is 0.520. The number of nitrogens with zero attached hydrogens (tertiary/aromatic N) is 2. The number of para-hydroxylation sites is 1. The molecule has 2 aromatic carbocycles. The highest BCUT2D eigenvalue weighted by Gasteiger charge is 2.05. The van der Waals surface area contributed by atoms with E-state index in [1.807, 2.05) is 42.5 Å². The summed E-state index contributed by atoms with van der Waals surface area (Å²) in [6.45, 7) is 0. The lowest BCUT2D eigenvalue weighted by Gasteiger charge is -2.04. The van der Waals surface area contributed by atoms with E-state index in [1.165, 1.54) is 5.56 Å². The number of hydrogen-bond acceptors (Lipinski definition) is 2.